The van der Waals surface area contributed by atoms with Crippen LogP contribution in [0.1, 0.15) is 85.5 Å². The second-order valence-electron chi connectivity index (χ2n) is 15.1. The fourth-order valence-electron chi connectivity index (χ4n) is 11.7. The van der Waals surface area contributed by atoms with E-state index >= 15 is 0 Å². The van der Waals surface area contributed by atoms with Crippen LogP contribution >= 0.6 is 0 Å². The van der Waals surface area contributed by atoms with Gasteiger partial charge in [-0.2, -0.15) is 0 Å². The van der Waals surface area contributed by atoms with Gasteiger partial charge in [0.05, 0.1) is 23.0 Å². The Morgan fingerprint density at radius 3 is 2.19 bits per heavy atom. The molecule has 6 rings (SSSR count). The topological polar surface area (TPSA) is 135 Å². The van der Waals surface area contributed by atoms with Gasteiger partial charge in [-0.05, 0) is 110 Å². The molecule has 0 aliphatic heterocycles. The molecule has 0 aromatic heterocycles. The van der Waals surface area contributed by atoms with Gasteiger partial charge < -0.3 is 25.5 Å². The monoisotopic (exact) mass is 516 g/mol. The third-order valence-electron chi connectivity index (χ3n) is 14.0. The molecule has 0 radical (unpaired) electrons. The number of fused-ring (bicyclic) bond motifs is 4. The van der Waals surface area contributed by atoms with Crippen LogP contribution in [-0.4, -0.2) is 56.3 Å². The van der Waals surface area contributed by atoms with Gasteiger partial charge in [-0.3, -0.25) is 9.59 Å². The minimum absolute atomic E-state index is 0.0117. The van der Waals surface area contributed by atoms with Crippen molar-refractivity contribution in [2.24, 2.45) is 55.7 Å². The molecule has 0 spiro atoms. The SMILES string of the molecule is CC1(CO)CCC2(C(=O)O)C(O)CC34CC3(C=CC3C5(C)CCC(O)C(C)(C(=O)O)C5CCC34C)C2C1. The molecule has 0 amide bonds. The minimum atomic E-state index is -1.20. The van der Waals surface area contributed by atoms with Gasteiger partial charge in [0.1, 0.15) is 0 Å². The molecule has 6 aliphatic rings. The van der Waals surface area contributed by atoms with Gasteiger partial charge in [-0.25, -0.2) is 0 Å². The number of carboxylic acids is 2. The summed E-state index contributed by atoms with van der Waals surface area (Å²) in [5.41, 5.74) is -3.82. The quantitative estimate of drug-likeness (QED) is 0.360. The van der Waals surface area contributed by atoms with E-state index in [1.807, 2.05) is 6.92 Å². The van der Waals surface area contributed by atoms with Crippen LogP contribution in [0.2, 0.25) is 0 Å². The lowest BCUT2D eigenvalue weighted by Crippen LogP contribution is -2.67. The average molecular weight is 517 g/mol. The number of hydrogen-bond donors (Lipinski definition) is 5. The first-order valence-electron chi connectivity index (χ1n) is 14.3. The lowest BCUT2D eigenvalue weighted by molar-refractivity contribution is -0.222. The largest absolute Gasteiger partial charge is 0.481 e. The molecule has 0 aromatic rings. The summed E-state index contributed by atoms with van der Waals surface area (Å²) in [6.07, 6.45) is 8.35. The Morgan fingerprint density at radius 1 is 0.865 bits per heavy atom. The number of aliphatic hydroxyl groups is 3. The molecule has 5 N–H and O–H groups in total. The Hall–Kier alpha value is -1.44. The maximum Gasteiger partial charge on any atom is 0.312 e. The maximum atomic E-state index is 12.9. The summed E-state index contributed by atoms with van der Waals surface area (Å²) in [5.74, 6) is -2.15. The zero-order valence-corrected chi connectivity index (χ0v) is 22.7. The Morgan fingerprint density at radius 2 is 1.57 bits per heavy atom. The fourth-order valence-corrected chi connectivity index (χ4v) is 11.7. The van der Waals surface area contributed by atoms with Gasteiger partial charge in [0.25, 0.3) is 0 Å². The van der Waals surface area contributed by atoms with Crippen molar-refractivity contribution in [3.8, 4) is 0 Å². The minimum Gasteiger partial charge on any atom is -0.481 e. The molecule has 0 heterocycles. The number of aliphatic hydroxyl groups excluding tert-OH is 3. The molecular formula is C30H44O7. The van der Waals surface area contributed by atoms with E-state index in [1.165, 1.54) is 0 Å². The summed E-state index contributed by atoms with van der Waals surface area (Å²) in [6.45, 7) is 8.32. The zero-order valence-electron chi connectivity index (χ0n) is 22.7. The normalized spacial score (nSPS) is 59.7. The summed E-state index contributed by atoms with van der Waals surface area (Å²) in [4.78, 5) is 25.4. The van der Waals surface area contributed by atoms with Crippen molar-refractivity contribution in [1.29, 1.82) is 0 Å². The summed E-state index contributed by atoms with van der Waals surface area (Å²) < 4.78 is 0. The van der Waals surface area contributed by atoms with Gasteiger partial charge in [0.2, 0.25) is 0 Å². The maximum absolute atomic E-state index is 12.9. The van der Waals surface area contributed by atoms with Crippen molar-refractivity contribution in [2.75, 3.05) is 6.61 Å². The van der Waals surface area contributed by atoms with Gasteiger partial charge >= 0.3 is 11.9 Å². The van der Waals surface area contributed by atoms with Crippen LogP contribution < -0.4 is 0 Å². The molecule has 37 heavy (non-hydrogen) atoms. The average Bonchev–Trinajstić information content (AvgIpc) is 3.53. The van der Waals surface area contributed by atoms with Crippen LogP contribution in [0.3, 0.4) is 0 Å². The van der Waals surface area contributed by atoms with E-state index < -0.39 is 35.0 Å². The lowest BCUT2D eigenvalue weighted by atomic mass is 9.36. The summed E-state index contributed by atoms with van der Waals surface area (Å²) in [6, 6.07) is 0. The van der Waals surface area contributed by atoms with E-state index in [-0.39, 0.29) is 51.4 Å². The number of hydrogen-bond acceptors (Lipinski definition) is 5. The first-order chi connectivity index (χ1) is 17.1. The molecule has 12 unspecified atom stereocenters. The highest BCUT2D eigenvalue weighted by Gasteiger charge is 2.86. The lowest BCUT2D eigenvalue weighted by Gasteiger charge is -2.68. The van der Waals surface area contributed by atoms with Gasteiger partial charge in [0.15, 0.2) is 0 Å². The van der Waals surface area contributed by atoms with Crippen molar-refractivity contribution >= 4 is 11.9 Å². The van der Waals surface area contributed by atoms with E-state index in [1.54, 1.807) is 6.92 Å². The van der Waals surface area contributed by atoms with Crippen LogP contribution in [0, 0.1) is 55.7 Å². The number of rotatable bonds is 3. The van der Waals surface area contributed by atoms with Crippen LogP contribution in [-0.2, 0) is 9.59 Å². The number of aliphatic carboxylic acids is 2. The number of allylic oxidation sites excluding steroid dienone is 2. The van der Waals surface area contributed by atoms with Gasteiger partial charge in [-0.1, -0.05) is 32.9 Å². The molecule has 12 atom stereocenters. The van der Waals surface area contributed by atoms with E-state index in [0.29, 0.717) is 38.5 Å². The summed E-state index contributed by atoms with van der Waals surface area (Å²) >= 11 is 0. The Balaban J connectivity index is 1.48. The molecule has 0 saturated heterocycles. The van der Waals surface area contributed by atoms with Crippen LogP contribution in [0.15, 0.2) is 12.2 Å². The number of carbonyl (C=O) groups is 2. The van der Waals surface area contributed by atoms with Gasteiger partial charge in [0, 0.05) is 6.61 Å². The van der Waals surface area contributed by atoms with Crippen molar-refractivity contribution < 1.29 is 35.1 Å². The van der Waals surface area contributed by atoms with Crippen molar-refractivity contribution in [2.45, 2.75) is 97.7 Å². The van der Waals surface area contributed by atoms with E-state index in [2.05, 4.69) is 26.0 Å². The van der Waals surface area contributed by atoms with Crippen LogP contribution in [0.4, 0.5) is 0 Å². The highest BCUT2D eigenvalue weighted by atomic mass is 16.4. The molecule has 5 saturated carbocycles. The second kappa shape index (κ2) is 7.19. The first-order valence-corrected chi connectivity index (χ1v) is 14.3. The predicted molar refractivity (Wildman–Crippen MR) is 135 cm³/mol. The molecule has 5 fully saturated rings. The molecule has 6 aliphatic carbocycles. The third kappa shape index (κ3) is 2.61. The highest BCUT2D eigenvalue weighted by molar-refractivity contribution is 5.78. The van der Waals surface area contributed by atoms with Crippen molar-refractivity contribution in [1.82, 2.24) is 0 Å². The highest BCUT2D eigenvalue weighted by Crippen LogP contribution is 2.89. The second-order valence-corrected chi connectivity index (χ2v) is 15.1. The van der Waals surface area contributed by atoms with Crippen molar-refractivity contribution in [3.63, 3.8) is 0 Å². The van der Waals surface area contributed by atoms with E-state index in [0.717, 1.165) is 19.3 Å². The van der Waals surface area contributed by atoms with Crippen LogP contribution in [0.25, 0.3) is 0 Å². The van der Waals surface area contributed by atoms with Gasteiger partial charge in [-0.15, -0.1) is 0 Å². The number of carboxylic acid groups (broad SMARTS) is 2. The third-order valence-corrected chi connectivity index (χ3v) is 14.0. The first kappa shape index (κ1) is 25.8. The van der Waals surface area contributed by atoms with Crippen molar-refractivity contribution in [3.05, 3.63) is 12.2 Å². The molecule has 206 valence electrons. The van der Waals surface area contributed by atoms with Crippen LogP contribution in [0.5, 0.6) is 0 Å². The molecule has 7 nitrogen and oxygen atoms in total. The molecule has 0 bridgehead atoms. The Kier molecular flexibility index (Phi) is 5.02. The van der Waals surface area contributed by atoms with E-state index in [9.17, 15) is 35.1 Å². The zero-order chi connectivity index (χ0) is 27.0. The fraction of sp³-hybridized carbons (Fsp3) is 0.867. The Bertz CT molecular complexity index is 1090. The molecule has 0 aromatic carbocycles. The summed E-state index contributed by atoms with van der Waals surface area (Å²) in [5, 5.41) is 53.6. The standard InChI is InChI=1S/C30H44O7/c1-24(16-31)11-12-30(23(36)37)19(13-24)28-10-6-17-25(2)8-7-20(32)27(4,22(34)35)18(25)5-9-26(17,3)29(28,15-28)14-21(30)33/h6,10,17-21,31-33H,5,7-9,11-16H2,1-4H3,(H,34,35)(H,36,37). The smallest absolute Gasteiger partial charge is 0.312 e. The summed E-state index contributed by atoms with van der Waals surface area (Å²) in [7, 11) is 0. The molecule has 7 heteroatoms. The van der Waals surface area contributed by atoms with E-state index in [4.69, 9.17) is 0 Å². The predicted octanol–water partition coefficient (Wildman–Crippen LogP) is 3.85. The molecular weight excluding hydrogens is 472 g/mol. The Labute approximate surface area is 219 Å².